The van der Waals surface area contributed by atoms with Gasteiger partial charge < -0.3 is 15.8 Å². The molecule has 104 valence electrons. The van der Waals surface area contributed by atoms with Crippen LogP contribution in [0.2, 0.25) is 0 Å². The maximum absolute atomic E-state index is 11.6. The van der Waals surface area contributed by atoms with Crippen molar-refractivity contribution < 1.29 is 9.53 Å². The molecule has 2 rings (SSSR count). The summed E-state index contributed by atoms with van der Waals surface area (Å²) in [6, 6.07) is 10.9. The fraction of sp³-hybridized carbons (Fsp3) is 0.0714. The number of benzene rings is 2. The van der Waals surface area contributed by atoms with E-state index in [9.17, 15) is 4.79 Å². The molecular weight excluding hydrogens is 388 g/mol. The van der Waals surface area contributed by atoms with E-state index in [0.717, 1.165) is 14.6 Å². The second-order valence-corrected chi connectivity index (χ2v) is 5.69. The number of ether oxygens (including phenoxy) is 1. The highest BCUT2D eigenvalue weighted by atomic mass is 79.9. The van der Waals surface area contributed by atoms with Gasteiger partial charge in [0.15, 0.2) is 0 Å². The molecule has 0 heterocycles. The third-order valence-corrected chi connectivity index (χ3v) is 4.06. The standard InChI is InChI=1S/C14H12Br2N2O2/c1-20-14(19)8-4-2-7-11(12(8)17)18-13-9(15)5-3-6-10(13)16/h2-7,18H,17H2,1H3. The molecule has 0 bridgehead atoms. The minimum atomic E-state index is -0.461. The lowest BCUT2D eigenvalue weighted by Crippen LogP contribution is -2.07. The normalized spacial score (nSPS) is 10.2. The molecule has 20 heavy (non-hydrogen) atoms. The van der Waals surface area contributed by atoms with Crippen molar-refractivity contribution in [3.8, 4) is 0 Å². The number of carbonyl (C=O) groups excluding carboxylic acids is 1. The van der Waals surface area contributed by atoms with Gasteiger partial charge in [0, 0.05) is 8.95 Å². The van der Waals surface area contributed by atoms with E-state index in [0.29, 0.717) is 16.9 Å². The number of anilines is 3. The number of halogens is 2. The summed E-state index contributed by atoms with van der Waals surface area (Å²) in [5.74, 6) is -0.461. The van der Waals surface area contributed by atoms with Crippen LogP contribution >= 0.6 is 31.9 Å². The van der Waals surface area contributed by atoms with Crippen LogP contribution in [0.25, 0.3) is 0 Å². The molecule has 0 saturated heterocycles. The SMILES string of the molecule is COC(=O)c1cccc(Nc2c(Br)cccc2Br)c1N. The van der Waals surface area contributed by atoms with Gasteiger partial charge in [0.2, 0.25) is 0 Å². The highest BCUT2D eigenvalue weighted by molar-refractivity contribution is 9.11. The number of nitrogens with one attached hydrogen (secondary N) is 1. The molecule has 0 unspecified atom stereocenters. The molecule has 0 radical (unpaired) electrons. The first-order valence-corrected chi connectivity index (χ1v) is 7.31. The summed E-state index contributed by atoms with van der Waals surface area (Å²) in [6.45, 7) is 0. The summed E-state index contributed by atoms with van der Waals surface area (Å²) in [7, 11) is 1.33. The van der Waals surface area contributed by atoms with Crippen molar-refractivity contribution in [2.75, 3.05) is 18.2 Å². The average molecular weight is 400 g/mol. The van der Waals surface area contributed by atoms with Crippen LogP contribution in [-0.2, 0) is 4.74 Å². The Morgan fingerprint density at radius 3 is 2.35 bits per heavy atom. The first-order chi connectivity index (χ1) is 9.54. The van der Waals surface area contributed by atoms with Gasteiger partial charge in [-0.25, -0.2) is 4.79 Å². The van der Waals surface area contributed by atoms with Gasteiger partial charge in [0.1, 0.15) is 0 Å². The number of nitrogen functional groups attached to an aromatic ring is 1. The first kappa shape index (κ1) is 14.9. The van der Waals surface area contributed by atoms with Crippen LogP contribution in [0.4, 0.5) is 17.1 Å². The quantitative estimate of drug-likeness (QED) is 0.595. The molecule has 3 N–H and O–H groups in total. The molecule has 0 aliphatic heterocycles. The number of rotatable bonds is 3. The Balaban J connectivity index is 2.42. The third kappa shape index (κ3) is 2.96. The van der Waals surface area contributed by atoms with E-state index < -0.39 is 5.97 Å². The molecule has 0 amide bonds. The zero-order chi connectivity index (χ0) is 14.7. The lowest BCUT2D eigenvalue weighted by Gasteiger charge is -2.14. The number of nitrogens with two attached hydrogens (primary N) is 1. The van der Waals surface area contributed by atoms with E-state index in [1.807, 2.05) is 18.2 Å². The van der Waals surface area contributed by atoms with Crippen LogP contribution in [0, 0.1) is 0 Å². The van der Waals surface area contributed by atoms with E-state index in [-0.39, 0.29) is 0 Å². The van der Waals surface area contributed by atoms with Crippen molar-refractivity contribution in [3.63, 3.8) is 0 Å². The van der Waals surface area contributed by atoms with Crippen molar-refractivity contribution in [2.24, 2.45) is 0 Å². The average Bonchev–Trinajstić information content (AvgIpc) is 2.44. The maximum atomic E-state index is 11.6. The molecule has 0 aliphatic carbocycles. The minimum Gasteiger partial charge on any atom is -0.465 e. The Kier molecular flexibility index (Phi) is 4.67. The Bertz CT molecular complexity index is 639. The number of hydrogen-bond donors (Lipinski definition) is 2. The highest BCUT2D eigenvalue weighted by Gasteiger charge is 2.14. The van der Waals surface area contributed by atoms with Gasteiger partial charge in [-0.2, -0.15) is 0 Å². The molecule has 0 aliphatic rings. The van der Waals surface area contributed by atoms with Gasteiger partial charge in [-0.15, -0.1) is 0 Å². The van der Waals surface area contributed by atoms with Crippen LogP contribution in [-0.4, -0.2) is 13.1 Å². The molecule has 6 heteroatoms. The Hall–Kier alpha value is -1.53. The second-order valence-electron chi connectivity index (χ2n) is 3.98. The summed E-state index contributed by atoms with van der Waals surface area (Å²) < 4.78 is 6.47. The number of carbonyl (C=O) groups is 1. The predicted octanol–water partition coefficient (Wildman–Crippen LogP) is 4.32. The van der Waals surface area contributed by atoms with E-state index in [4.69, 9.17) is 10.5 Å². The van der Waals surface area contributed by atoms with Gasteiger partial charge in [-0.1, -0.05) is 12.1 Å². The van der Waals surface area contributed by atoms with E-state index in [1.54, 1.807) is 18.2 Å². The molecule has 0 atom stereocenters. The fourth-order valence-corrected chi connectivity index (χ4v) is 2.91. The minimum absolute atomic E-state index is 0.334. The number of hydrogen-bond acceptors (Lipinski definition) is 4. The van der Waals surface area contributed by atoms with Crippen molar-refractivity contribution in [2.45, 2.75) is 0 Å². The van der Waals surface area contributed by atoms with Gasteiger partial charge >= 0.3 is 5.97 Å². The molecular formula is C14H12Br2N2O2. The fourth-order valence-electron chi connectivity index (χ4n) is 1.71. The zero-order valence-electron chi connectivity index (χ0n) is 10.6. The van der Waals surface area contributed by atoms with Gasteiger partial charge in [0.25, 0.3) is 0 Å². The summed E-state index contributed by atoms with van der Waals surface area (Å²) in [5, 5.41) is 3.20. The molecule has 2 aromatic carbocycles. The van der Waals surface area contributed by atoms with Crippen LogP contribution < -0.4 is 11.1 Å². The molecule has 0 spiro atoms. The lowest BCUT2D eigenvalue weighted by atomic mass is 10.1. The van der Waals surface area contributed by atoms with Crippen LogP contribution in [0.15, 0.2) is 45.3 Å². The molecule has 2 aromatic rings. The highest BCUT2D eigenvalue weighted by Crippen LogP contribution is 2.35. The largest absolute Gasteiger partial charge is 0.465 e. The monoisotopic (exact) mass is 398 g/mol. The molecule has 0 fully saturated rings. The number of methoxy groups -OCH3 is 1. The third-order valence-electron chi connectivity index (χ3n) is 2.73. The van der Waals surface area contributed by atoms with Crippen LogP contribution in [0.3, 0.4) is 0 Å². The van der Waals surface area contributed by atoms with E-state index in [1.165, 1.54) is 7.11 Å². The van der Waals surface area contributed by atoms with Crippen LogP contribution in [0.1, 0.15) is 10.4 Å². The summed E-state index contributed by atoms with van der Waals surface area (Å²) in [5.41, 5.74) is 8.17. The summed E-state index contributed by atoms with van der Waals surface area (Å²) in [6.07, 6.45) is 0. The lowest BCUT2D eigenvalue weighted by molar-refractivity contribution is 0.0602. The first-order valence-electron chi connectivity index (χ1n) is 5.72. The van der Waals surface area contributed by atoms with E-state index in [2.05, 4.69) is 37.2 Å². The van der Waals surface area contributed by atoms with Crippen molar-refractivity contribution in [1.29, 1.82) is 0 Å². The number of para-hydroxylation sites is 2. The summed E-state index contributed by atoms with van der Waals surface area (Å²) in [4.78, 5) is 11.6. The van der Waals surface area contributed by atoms with Crippen molar-refractivity contribution in [3.05, 3.63) is 50.9 Å². The predicted molar refractivity (Wildman–Crippen MR) is 87.3 cm³/mol. The maximum Gasteiger partial charge on any atom is 0.340 e. The van der Waals surface area contributed by atoms with E-state index >= 15 is 0 Å². The Morgan fingerprint density at radius 2 is 1.75 bits per heavy atom. The molecule has 4 nitrogen and oxygen atoms in total. The summed E-state index contributed by atoms with van der Waals surface area (Å²) >= 11 is 6.93. The Morgan fingerprint density at radius 1 is 1.15 bits per heavy atom. The van der Waals surface area contributed by atoms with Gasteiger partial charge in [0.05, 0.1) is 29.7 Å². The van der Waals surface area contributed by atoms with Crippen molar-refractivity contribution in [1.82, 2.24) is 0 Å². The van der Waals surface area contributed by atoms with Crippen LogP contribution in [0.5, 0.6) is 0 Å². The molecule has 0 saturated carbocycles. The number of esters is 1. The van der Waals surface area contributed by atoms with Gasteiger partial charge in [-0.3, -0.25) is 0 Å². The van der Waals surface area contributed by atoms with Crippen molar-refractivity contribution >= 4 is 54.9 Å². The topological polar surface area (TPSA) is 64.3 Å². The smallest absolute Gasteiger partial charge is 0.340 e. The second kappa shape index (κ2) is 6.28. The zero-order valence-corrected chi connectivity index (χ0v) is 13.8. The molecule has 0 aromatic heterocycles. The Labute approximate surface area is 133 Å². The van der Waals surface area contributed by atoms with Gasteiger partial charge in [-0.05, 0) is 56.1 Å².